The van der Waals surface area contributed by atoms with Crippen molar-refractivity contribution in [1.82, 2.24) is 14.8 Å². The first-order chi connectivity index (χ1) is 15.4. The molecule has 2 aliphatic heterocycles. The van der Waals surface area contributed by atoms with Crippen molar-refractivity contribution >= 4 is 45.7 Å². The van der Waals surface area contributed by atoms with Gasteiger partial charge in [-0.1, -0.05) is 0 Å². The van der Waals surface area contributed by atoms with Gasteiger partial charge in [0.25, 0.3) is 0 Å². The number of thiocarbonyl (C=S) groups is 1. The van der Waals surface area contributed by atoms with Crippen molar-refractivity contribution < 1.29 is 9.53 Å². The molecule has 1 aromatic heterocycles. The van der Waals surface area contributed by atoms with E-state index in [9.17, 15) is 4.79 Å². The van der Waals surface area contributed by atoms with Gasteiger partial charge >= 0.3 is 5.97 Å². The van der Waals surface area contributed by atoms with Crippen molar-refractivity contribution in [2.45, 2.75) is 26.7 Å². The number of ether oxygens (including phenoxy) is 1. The van der Waals surface area contributed by atoms with Crippen LogP contribution in [-0.2, 0) is 9.53 Å². The molecule has 4 rings (SSSR count). The number of nitrogens with one attached hydrogen (secondary N) is 1. The lowest BCUT2D eigenvalue weighted by molar-refractivity contribution is -0.149. The molecule has 8 heteroatoms. The topological polar surface area (TPSA) is 60.9 Å². The van der Waals surface area contributed by atoms with Crippen LogP contribution in [0.25, 0.3) is 10.9 Å². The Bertz CT molecular complexity index is 982. The van der Waals surface area contributed by atoms with Gasteiger partial charge in [0.1, 0.15) is 5.82 Å². The zero-order valence-corrected chi connectivity index (χ0v) is 20.1. The SMILES string of the molecule is CCOC(=O)C1CCN(C(=S)Nc2ccc3nc(N4CCN(C)CC4)cc(C)c3c2)CC1. The Morgan fingerprint density at radius 2 is 1.88 bits per heavy atom. The van der Waals surface area contributed by atoms with Crippen molar-refractivity contribution in [3.63, 3.8) is 0 Å². The molecular weight excluding hydrogens is 422 g/mol. The molecule has 1 aromatic carbocycles. The summed E-state index contributed by atoms with van der Waals surface area (Å²) < 4.78 is 5.16. The first-order valence-corrected chi connectivity index (χ1v) is 11.9. The van der Waals surface area contributed by atoms with E-state index in [1.807, 2.05) is 13.0 Å². The van der Waals surface area contributed by atoms with Crippen molar-refractivity contribution in [3.05, 3.63) is 29.8 Å². The van der Waals surface area contributed by atoms with Gasteiger partial charge in [-0.3, -0.25) is 4.79 Å². The lowest BCUT2D eigenvalue weighted by Crippen LogP contribution is -2.44. The first-order valence-electron chi connectivity index (χ1n) is 11.5. The molecule has 3 heterocycles. The smallest absolute Gasteiger partial charge is 0.309 e. The van der Waals surface area contributed by atoms with Crippen LogP contribution in [0, 0.1) is 12.8 Å². The third-order valence-corrected chi connectivity index (χ3v) is 6.84. The number of carbonyl (C=O) groups excluding carboxylic acids is 1. The number of benzene rings is 1. The molecule has 2 aliphatic rings. The number of likely N-dealkylation sites (N-methyl/N-ethyl adjacent to an activating group) is 1. The minimum atomic E-state index is -0.0838. The highest BCUT2D eigenvalue weighted by atomic mass is 32.1. The largest absolute Gasteiger partial charge is 0.466 e. The van der Waals surface area contributed by atoms with E-state index in [4.69, 9.17) is 21.9 Å². The zero-order chi connectivity index (χ0) is 22.7. The number of carbonyl (C=O) groups is 1. The molecule has 0 amide bonds. The highest BCUT2D eigenvalue weighted by Gasteiger charge is 2.27. The van der Waals surface area contributed by atoms with Crippen LogP contribution in [0.3, 0.4) is 0 Å². The lowest BCUT2D eigenvalue weighted by Gasteiger charge is -2.33. The zero-order valence-electron chi connectivity index (χ0n) is 19.3. The third kappa shape index (κ3) is 5.13. The van der Waals surface area contributed by atoms with Gasteiger partial charge < -0.3 is 24.8 Å². The fourth-order valence-electron chi connectivity index (χ4n) is 4.43. The quantitative estimate of drug-likeness (QED) is 0.557. The van der Waals surface area contributed by atoms with Crippen molar-refractivity contribution in [2.24, 2.45) is 5.92 Å². The van der Waals surface area contributed by atoms with Gasteiger partial charge in [0.2, 0.25) is 0 Å². The van der Waals surface area contributed by atoms with E-state index in [0.717, 1.165) is 74.5 Å². The minimum absolute atomic E-state index is 0.0158. The summed E-state index contributed by atoms with van der Waals surface area (Å²) in [5.41, 5.74) is 3.19. The van der Waals surface area contributed by atoms with Crippen LogP contribution in [0.2, 0.25) is 0 Å². The van der Waals surface area contributed by atoms with Crippen LogP contribution < -0.4 is 10.2 Å². The summed E-state index contributed by atoms with van der Waals surface area (Å²) in [5.74, 6) is 0.959. The normalized spacial score (nSPS) is 18.1. The van der Waals surface area contributed by atoms with Gasteiger partial charge in [-0.25, -0.2) is 4.98 Å². The number of piperazine rings is 1. The molecule has 7 nitrogen and oxygen atoms in total. The average Bonchev–Trinajstić information content (AvgIpc) is 2.80. The summed E-state index contributed by atoms with van der Waals surface area (Å²) in [5, 5.41) is 5.22. The number of esters is 1. The van der Waals surface area contributed by atoms with E-state index in [2.05, 4.69) is 52.2 Å². The summed E-state index contributed by atoms with van der Waals surface area (Å²) in [6.45, 7) is 10.1. The third-order valence-electron chi connectivity index (χ3n) is 6.48. The number of aromatic nitrogens is 1. The van der Waals surface area contributed by atoms with Gasteiger partial charge in [0.05, 0.1) is 18.0 Å². The Kier molecular flexibility index (Phi) is 7.10. The average molecular weight is 456 g/mol. The molecular formula is C24H33N5O2S. The standard InChI is InChI=1S/C24H33N5O2S/c1-4-31-23(30)18-7-9-29(10-8-18)24(32)25-19-5-6-21-20(16-19)17(2)15-22(26-21)28-13-11-27(3)12-14-28/h5-6,15-16,18H,4,7-14H2,1-3H3,(H,25,32). The van der Waals surface area contributed by atoms with E-state index in [1.54, 1.807) is 0 Å². The Morgan fingerprint density at radius 3 is 2.56 bits per heavy atom. The van der Waals surface area contributed by atoms with Gasteiger partial charge in [-0.05, 0) is 75.8 Å². The highest BCUT2D eigenvalue weighted by molar-refractivity contribution is 7.80. The lowest BCUT2D eigenvalue weighted by atomic mass is 9.97. The second kappa shape index (κ2) is 10.0. The fourth-order valence-corrected chi connectivity index (χ4v) is 4.73. The molecule has 32 heavy (non-hydrogen) atoms. The molecule has 2 saturated heterocycles. The van der Waals surface area contributed by atoms with E-state index in [0.29, 0.717) is 11.7 Å². The predicted molar refractivity (Wildman–Crippen MR) is 133 cm³/mol. The van der Waals surface area contributed by atoms with Crippen LogP contribution in [0.5, 0.6) is 0 Å². The maximum atomic E-state index is 12.0. The number of nitrogens with zero attached hydrogens (tertiary/aromatic N) is 4. The molecule has 0 bridgehead atoms. The summed E-state index contributed by atoms with van der Waals surface area (Å²) in [6.07, 6.45) is 1.55. The molecule has 0 spiro atoms. The monoisotopic (exact) mass is 455 g/mol. The number of rotatable bonds is 4. The number of anilines is 2. The Labute approximate surface area is 195 Å². The summed E-state index contributed by atoms with van der Waals surface area (Å²) in [4.78, 5) is 23.7. The van der Waals surface area contributed by atoms with Crippen LogP contribution in [0.4, 0.5) is 11.5 Å². The number of pyridine rings is 1. The van der Waals surface area contributed by atoms with Crippen molar-refractivity contribution in [1.29, 1.82) is 0 Å². The maximum absolute atomic E-state index is 12.0. The molecule has 0 radical (unpaired) electrons. The summed E-state index contributed by atoms with van der Waals surface area (Å²) in [6, 6.07) is 8.43. The number of hydrogen-bond donors (Lipinski definition) is 1. The van der Waals surface area contributed by atoms with E-state index >= 15 is 0 Å². The minimum Gasteiger partial charge on any atom is -0.466 e. The summed E-state index contributed by atoms with van der Waals surface area (Å²) >= 11 is 5.66. The summed E-state index contributed by atoms with van der Waals surface area (Å²) in [7, 11) is 2.16. The highest BCUT2D eigenvalue weighted by Crippen LogP contribution is 2.26. The number of likely N-dealkylation sites (tertiary alicyclic amines) is 1. The fraction of sp³-hybridized carbons (Fsp3) is 0.542. The molecule has 0 saturated carbocycles. The van der Waals surface area contributed by atoms with Gasteiger partial charge in [0, 0.05) is 50.3 Å². The predicted octanol–water partition coefficient (Wildman–Crippen LogP) is 3.27. The Balaban J connectivity index is 1.41. The molecule has 0 atom stereocenters. The van der Waals surface area contributed by atoms with Gasteiger partial charge in [-0.2, -0.15) is 0 Å². The molecule has 0 unspecified atom stereocenters. The van der Waals surface area contributed by atoms with Crippen molar-refractivity contribution in [3.8, 4) is 0 Å². The second-order valence-corrected chi connectivity index (χ2v) is 9.15. The van der Waals surface area contributed by atoms with Crippen LogP contribution in [0.1, 0.15) is 25.3 Å². The van der Waals surface area contributed by atoms with Crippen LogP contribution >= 0.6 is 12.2 Å². The van der Waals surface area contributed by atoms with Gasteiger partial charge in [-0.15, -0.1) is 0 Å². The second-order valence-electron chi connectivity index (χ2n) is 8.76. The molecule has 2 aromatic rings. The van der Waals surface area contributed by atoms with Gasteiger partial charge in [0.15, 0.2) is 5.11 Å². The molecule has 172 valence electrons. The number of fused-ring (bicyclic) bond motifs is 1. The van der Waals surface area contributed by atoms with Crippen LogP contribution in [0.15, 0.2) is 24.3 Å². The Morgan fingerprint density at radius 1 is 1.16 bits per heavy atom. The number of hydrogen-bond acceptors (Lipinski definition) is 6. The van der Waals surface area contributed by atoms with E-state index in [1.165, 1.54) is 5.56 Å². The number of piperidine rings is 1. The Hall–Kier alpha value is -2.45. The molecule has 1 N–H and O–H groups in total. The van der Waals surface area contributed by atoms with E-state index in [-0.39, 0.29) is 11.9 Å². The molecule has 2 fully saturated rings. The maximum Gasteiger partial charge on any atom is 0.309 e. The van der Waals surface area contributed by atoms with E-state index < -0.39 is 0 Å². The first kappa shape index (κ1) is 22.7. The van der Waals surface area contributed by atoms with Crippen LogP contribution in [-0.4, -0.2) is 78.8 Å². The van der Waals surface area contributed by atoms with Crippen molar-refractivity contribution in [2.75, 3.05) is 63.1 Å². The number of aryl methyl sites for hydroxylation is 1. The molecule has 0 aliphatic carbocycles.